The molecule has 3 rings (SSSR count). The van der Waals surface area contributed by atoms with Crippen molar-refractivity contribution in [1.29, 1.82) is 0 Å². The van der Waals surface area contributed by atoms with E-state index in [1.165, 1.54) is 5.56 Å². The monoisotopic (exact) mass is 284 g/mol. The van der Waals surface area contributed by atoms with Gasteiger partial charge in [-0.1, -0.05) is 31.2 Å². The van der Waals surface area contributed by atoms with Crippen LogP contribution in [0.15, 0.2) is 41.5 Å². The Morgan fingerprint density at radius 1 is 1.43 bits per heavy atom. The van der Waals surface area contributed by atoms with E-state index in [2.05, 4.69) is 22.4 Å². The van der Waals surface area contributed by atoms with Crippen LogP contribution in [0.5, 0.6) is 0 Å². The Kier molecular flexibility index (Phi) is 3.75. The number of nitrogens with one attached hydrogen (secondary N) is 1. The summed E-state index contributed by atoms with van der Waals surface area (Å²) in [4.78, 5) is 16.6. The number of rotatable bonds is 4. The van der Waals surface area contributed by atoms with E-state index < -0.39 is 0 Å². The Labute approximate surface area is 123 Å². The molecule has 0 radical (unpaired) electrons. The van der Waals surface area contributed by atoms with Gasteiger partial charge in [-0.2, -0.15) is 0 Å². The summed E-state index contributed by atoms with van der Waals surface area (Å²) < 4.78 is 1.68. The number of anilines is 1. The first kappa shape index (κ1) is 13.8. The van der Waals surface area contributed by atoms with Crippen LogP contribution in [0.3, 0.4) is 0 Å². The van der Waals surface area contributed by atoms with Gasteiger partial charge in [0.25, 0.3) is 5.56 Å². The smallest absolute Gasteiger partial charge is 0.293 e. The van der Waals surface area contributed by atoms with Crippen LogP contribution in [-0.4, -0.2) is 15.6 Å². The predicted molar refractivity (Wildman–Crippen MR) is 83.3 cm³/mol. The molecule has 0 aliphatic heterocycles. The molecule has 1 heterocycles. The van der Waals surface area contributed by atoms with E-state index in [-0.39, 0.29) is 17.6 Å². The lowest BCUT2D eigenvalue weighted by atomic mass is 10.1. The lowest BCUT2D eigenvalue weighted by molar-refractivity contribution is 0.613. The normalized spacial score (nSPS) is 20.3. The van der Waals surface area contributed by atoms with Gasteiger partial charge in [-0.25, -0.2) is 4.98 Å². The number of hydrogen-bond acceptors (Lipinski definition) is 4. The number of fused-ring (bicyclic) bond motifs is 1. The summed E-state index contributed by atoms with van der Waals surface area (Å²) in [5.41, 5.74) is 8.54. The van der Waals surface area contributed by atoms with E-state index >= 15 is 0 Å². The maximum Gasteiger partial charge on any atom is 0.293 e. The highest BCUT2D eigenvalue weighted by Crippen LogP contribution is 2.31. The van der Waals surface area contributed by atoms with Crippen LogP contribution in [0.25, 0.3) is 0 Å². The van der Waals surface area contributed by atoms with Gasteiger partial charge in [0.05, 0.1) is 6.04 Å². The Balaban J connectivity index is 1.91. The molecule has 1 aromatic heterocycles. The molecule has 5 heteroatoms. The highest BCUT2D eigenvalue weighted by atomic mass is 16.1. The SMILES string of the molecule is CCCn1ccnc(NC2c3ccccc3CC2N)c1=O. The molecule has 1 aliphatic carbocycles. The first-order chi connectivity index (χ1) is 10.2. The zero-order valence-corrected chi connectivity index (χ0v) is 12.1. The average molecular weight is 284 g/mol. The highest BCUT2D eigenvalue weighted by molar-refractivity contribution is 5.44. The van der Waals surface area contributed by atoms with Crippen molar-refractivity contribution in [3.8, 4) is 0 Å². The summed E-state index contributed by atoms with van der Waals surface area (Å²) in [6.07, 6.45) is 5.12. The van der Waals surface area contributed by atoms with Crippen LogP contribution in [0.2, 0.25) is 0 Å². The number of aryl methyl sites for hydroxylation is 1. The maximum absolute atomic E-state index is 12.4. The van der Waals surface area contributed by atoms with E-state index in [1.54, 1.807) is 17.0 Å². The van der Waals surface area contributed by atoms with E-state index in [4.69, 9.17) is 5.73 Å². The molecular weight excluding hydrogens is 264 g/mol. The van der Waals surface area contributed by atoms with Crippen molar-refractivity contribution >= 4 is 5.82 Å². The van der Waals surface area contributed by atoms with E-state index in [0.29, 0.717) is 12.4 Å². The molecule has 2 atom stereocenters. The standard InChI is InChI=1S/C16H20N4O/c1-2-8-20-9-7-18-15(16(20)21)19-14-12-6-4-3-5-11(12)10-13(14)17/h3-7,9,13-14H,2,8,10,17H2,1H3,(H,18,19). The molecule has 2 aromatic rings. The van der Waals surface area contributed by atoms with Crippen LogP contribution in [-0.2, 0) is 13.0 Å². The van der Waals surface area contributed by atoms with Crippen molar-refractivity contribution in [2.45, 2.75) is 38.4 Å². The largest absolute Gasteiger partial charge is 0.357 e. The van der Waals surface area contributed by atoms with E-state index in [9.17, 15) is 4.79 Å². The fourth-order valence-corrected chi connectivity index (χ4v) is 2.92. The van der Waals surface area contributed by atoms with Gasteiger partial charge >= 0.3 is 0 Å². The predicted octanol–water partition coefficient (Wildman–Crippen LogP) is 1.69. The van der Waals surface area contributed by atoms with Gasteiger partial charge in [0.15, 0.2) is 5.82 Å². The zero-order chi connectivity index (χ0) is 14.8. The van der Waals surface area contributed by atoms with Crippen LogP contribution < -0.4 is 16.6 Å². The summed E-state index contributed by atoms with van der Waals surface area (Å²) in [5, 5.41) is 3.24. The van der Waals surface area contributed by atoms with Crippen molar-refractivity contribution < 1.29 is 0 Å². The average Bonchev–Trinajstić information content (AvgIpc) is 2.80. The van der Waals surface area contributed by atoms with Crippen LogP contribution in [0.1, 0.15) is 30.5 Å². The topological polar surface area (TPSA) is 72.9 Å². The van der Waals surface area contributed by atoms with Crippen LogP contribution in [0.4, 0.5) is 5.82 Å². The number of nitrogens with zero attached hydrogens (tertiary/aromatic N) is 2. The fraction of sp³-hybridized carbons (Fsp3) is 0.375. The molecule has 1 aliphatic rings. The second kappa shape index (κ2) is 5.69. The summed E-state index contributed by atoms with van der Waals surface area (Å²) in [6, 6.07) is 8.07. The number of benzene rings is 1. The molecule has 0 bridgehead atoms. The molecule has 0 fully saturated rings. The van der Waals surface area contributed by atoms with Crippen molar-refractivity contribution in [2.24, 2.45) is 5.73 Å². The van der Waals surface area contributed by atoms with Gasteiger partial charge in [-0.05, 0) is 24.0 Å². The van der Waals surface area contributed by atoms with Crippen molar-refractivity contribution in [1.82, 2.24) is 9.55 Å². The third kappa shape index (κ3) is 2.56. The molecular formula is C16H20N4O. The molecule has 0 amide bonds. The minimum atomic E-state index is -0.0871. The van der Waals surface area contributed by atoms with Crippen molar-refractivity contribution in [3.05, 3.63) is 58.1 Å². The summed E-state index contributed by atoms with van der Waals surface area (Å²) in [6.45, 7) is 2.74. The van der Waals surface area contributed by atoms with Gasteiger partial charge in [-0.3, -0.25) is 4.79 Å². The first-order valence-corrected chi connectivity index (χ1v) is 7.36. The maximum atomic E-state index is 12.4. The Morgan fingerprint density at radius 3 is 3.05 bits per heavy atom. The van der Waals surface area contributed by atoms with Crippen molar-refractivity contribution in [3.63, 3.8) is 0 Å². The molecule has 5 nitrogen and oxygen atoms in total. The third-order valence-electron chi connectivity index (χ3n) is 3.94. The Hall–Kier alpha value is -2.14. The lowest BCUT2D eigenvalue weighted by Crippen LogP contribution is -2.33. The lowest BCUT2D eigenvalue weighted by Gasteiger charge is -2.19. The van der Waals surface area contributed by atoms with Gasteiger partial charge in [0, 0.05) is 25.0 Å². The Morgan fingerprint density at radius 2 is 2.24 bits per heavy atom. The van der Waals surface area contributed by atoms with E-state index in [0.717, 1.165) is 18.4 Å². The van der Waals surface area contributed by atoms with Gasteiger partial charge in [0.1, 0.15) is 0 Å². The van der Waals surface area contributed by atoms with E-state index in [1.807, 2.05) is 19.1 Å². The van der Waals surface area contributed by atoms with Gasteiger partial charge in [-0.15, -0.1) is 0 Å². The minimum absolute atomic E-state index is 0.0385. The molecule has 0 saturated heterocycles. The summed E-state index contributed by atoms with van der Waals surface area (Å²) >= 11 is 0. The molecule has 3 N–H and O–H groups in total. The number of hydrogen-bond donors (Lipinski definition) is 2. The summed E-state index contributed by atoms with van der Waals surface area (Å²) in [5.74, 6) is 0.378. The zero-order valence-electron chi connectivity index (χ0n) is 12.1. The van der Waals surface area contributed by atoms with Crippen molar-refractivity contribution in [2.75, 3.05) is 5.32 Å². The molecule has 21 heavy (non-hydrogen) atoms. The quantitative estimate of drug-likeness (QED) is 0.896. The highest BCUT2D eigenvalue weighted by Gasteiger charge is 2.30. The molecule has 110 valence electrons. The fourth-order valence-electron chi connectivity index (χ4n) is 2.92. The second-order valence-corrected chi connectivity index (χ2v) is 5.46. The second-order valence-electron chi connectivity index (χ2n) is 5.46. The molecule has 2 unspecified atom stereocenters. The number of nitrogens with two attached hydrogens (primary N) is 1. The van der Waals surface area contributed by atoms with Crippen LogP contribution >= 0.6 is 0 Å². The molecule has 1 aromatic carbocycles. The molecule has 0 saturated carbocycles. The molecule has 0 spiro atoms. The number of aromatic nitrogens is 2. The van der Waals surface area contributed by atoms with Gasteiger partial charge in [0.2, 0.25) is 0 Å². The van der Waals surface area contributed by atoms with Gasteiger partial charge < -0.3 is 15.6 Å². The summed E-state index contributed by atoms with van der Waals surface area (Å²) in [7, 11) is 0. The minimum Gasteiger partial charge on any atom is -0.357 e. The van der Waals surface area contributed by atoms with Crippen LogP contribution in [0, 0.1) is 0 Å². The third-order valence-corrected chi connectivity index (χ3v) is 3.94. The Bertz CT molecular complexity index is 695. The first-order valence-electron chi connectivity index (χ1n) is 7.36.